The van der Waals surface area contributed by atoms with Crippen molar-refractivity contribution in [2.24, 2.45) is 0 Å². The minimum atomic E-state index is -0.289. The lowest BCUT2D eigenvalue weighted by molar-refractivity contribution is -0.121. The smallest absolute Gasteiger partial charge is 0.265 e. The van der Waals surface area contributed by atoms with E-state index in [9.17, 15) is 14.4 Å². The fourth-order valence-corrected chi connectivity index (χ4v) is 2.65. The average Bonchev–Trinajstić information content (AvgIpc) is 2.62. The number of Topliss-reactive ketones (excluding diaryl/α,β-unsaturated/α-hetero) is 1. The molecule has 1 aliphatic rings. The van der Waals surface area contributed by atoms with Crippen molar-refractivity contribution in [3.63, 3.8) is 0 Å². The van der Waals surface area contributed by atoms with Crippen LogP contribution in [0.2, 0.25) is 5.02 Å². The summed E-state index contributed by atoms with van der Waals surface area (Å²) in [6.07, 6.45) is 1.50. The fourth-order valence-electron chi connectivity index (χ4n) is 2.53. The van der Waals surface area contributed by atoms with E-state index in [1.807, 2.05) is 0 Å². The first-order valence-electron chi connectivity index (χ1n) is 7.93. The molecule has 1 aromatic carbocycles. The molecule has 2 aromatic rings. The summed E-state index contributed by atoms with van der Waals surface area (Å²) in [5.41, 5.74) is 0.966. The number of ether oxygens (including phenoxy) is 1. The molecule has 8 heteroatoms. The largest absolute Gasteiger partial charge is 0.482 e. The minimum Gasteiger partial charge on any atom is -0.482 e. The Morgan fingerprint density at radius 2 is 2.12 bits per heavy atom. The van der Waals surface area contributed by atoms with Gasteiger partial charge in [-0.3, -0.25) is 14.4 Å². The number of halogens is 1. The van der Waals surface area contributed by atoms with Gasteiger partial charge in [-0.25, -0.2) is 4.98 Å². The summed E-state index contributed by atoms with van der Waals surface area (Å²) >= 11 is 5.75. The summed E-state index contributed by atoms with van der Waals surface area (Å²) in [5.74, 6) is 0.220. The second-order valence-electron chi connectivity index (χ2n) is 5.73. The van der Waals surface area contributed by atoms with Crippen molar-refractivity contribution < 1.29 is 19.1 Å². The van der Waals surface area contributed by atoms with Crippen molar-refractivity contribution in [1.82, 2.24) is 4.98 Å². The number of benzene rings is 1. The van der Waals surface area contributed by atoms with Gasteiger partial charge >= 0.3 is 0 Å². The number of nitrogens with zero attached hydrogens (tertiary/aromatic N) is 2. The van der Waals surface area contributed by atoms with Crippen molar-refractivity contribution in [3.8, 4) is 5.75 Å². The normalized spacial score (nSPS) is 13.0. The molecule has 3 rings (SSSR count). The molecule has 0 atom stereocenters. The topological polar surface area (TPSA) is 88.6 Å². The molecule has 2 heterocycles. The summed E-state index contributed by atoms with van der Waals surface area (Å²) in [6.45, 7) is 1.51. The van der Waals surface area contributed by atoms with Gasteiger partial charge in [0.15, 0.2) is 12.4 Å². The number of carbonyl (C=O) groups is 3. The first-order chi connectivity index (χ1) is 12.4. The van der Waals surface area contributed by atoms with E-state index in [1.54, 1.807) is 30.3 Å². The van der Waals surface area contributed by atoms with Crippen LogP contribution in [-0.2, 0) is 9.59 Å². The number of ketones is 1. The maximum atomic E-state index is 12.2. The Labute approximate surface area is 154 Å². The number of hydrogen-bond donors (Lipinski definition) is 1. The zero-order valence-corrected chi connectivity index (χ0v) is 14.7. The predicted octanol–water partition coefficient (Wildman–Crippen LogP) is 2.69. The maximum absolute atomic E-state index is 12.2. The van der Waals surface area contributed by atoms with Crippen LogP contribution in [0.3, 0.4) is 0 Å². The van der Waals surface area contributed by atoms with E-state index < -0.39 is 0 Å². The Hall–Kier alpha value is -2.93. The molecule has 0 saturated heterocycles. The molecule has 1 aliphatic heterocycles. The van der Waals surface area contributed by atoms with E-state index in [0.717, 1.165) is 0 Å². The molecule has 0 fully saturated rings. The third kappa shape index (κ3) is 4.00. The van der Waals surface area contributed by atoms with Crippen LogP contribution in [0.1, 0.15) is 23.7 Å². The highest BCUT2D eigenvalue weighted by Crippen LogP contribution is 2.33. The summed E-state index contributed by atoms with van der Waals surface area (Å²) < 4.78 is 5.39. The lowest BCUT2D eigenvalue weighted by Crippen LogP contribution is -2.40. The van der Waals surface area contributed by atoms with Crippen molar-refractivity contribution >= 4 is 40.7 Å². The quantitative estimate of drug-likeness (QED) is 0.814. The highest BCUT2D eigenvalue weighted by atomic mass is 35.5. The van der Waals surface area contributed by atoms with Gasteiger partial charge in [-0.05, 0) is 37.3 Å². The van der Waals surface area contributed by atoms with E-state index in [-0.39, 0.29) is 37.2 Å². The van der Waals surface area contributed by atoms with E-state index in [0.29, 0.717) is 27.8 Å². The van der Waals surface area contributed by atoms with Gasteiger partial charge in [0.2, 0.25) is 5.91 Å². The van der Waals surface area contributed by atoms with Crippen molar-refractivity contribution in [3.05, 3.63) is 47.1 Å². The Kier molecular flexibility index (Phi) is 5.18. The zero-order valence-electron chi connectivity index (χ0n) is 14.0. The third-order valence-corrected chi connectivity index (χ3v) is 4.09. The number of hydrogen-bond acceptors (Lipinski definition) is 5. The molecule has 7 nitrogen and oxygen atoms in total. The molecule has 1 aromatic heterocycles. The number of aromatic nitrogens is 1. The van der Waals surface area contributed by atoms with E-state index >= 15 is 0 Å². The second-order valence-corrected chi connectivity index (χ2v) is 6.17. The first kappa shape index (κ1) is 17.9. The van der Waals surface area contributed by atoms with Gasteiger partial charge in [0.05, 0.1) is 10.7 Å². The van der Waals surface area contributed by atoms with Gasteiger partial charge in [0.25, 0.3) is 5.91 Å². The Morgan fingerprint density at radius 3 is 2.81 bits per heavy atom. The number of anilines is 2. The predicted molar refractivity (Wildman–Crippen MR) is 96.8 cm³/mol. The van der Waals surface area contributed by atoms with Gasteiger partial charge < -0.3 is 15.0 Å². The van der Waals surface area contributed by atoms with Gasteiger partial charge in [-0.1, -0.05) is 11.6 Å². The minimum absolute atomic E-state index is 0.0692. The number of rotatable bonds is 5. The Balaban J connectivity index is 1.70. The number of amides is 2. The molecule has 0 radical (unpaired) electrons. The Bertz CT molecular complexity index is 867. The summed E-state index contributed by atoms with van der Waals surface area (Å²) in [7, 11) is 0. The second kappa shape index (κ2) is 7.53. The molecule has 1 N–H and O–H groups in total. The highest BCUT2D eigenvalue weighted by Gasteiger charge is 2.26. The standard InChI is InChI=1S/C18H16ClN3O4/c1-11(23)12-2-4-15-14(8-12)22(18(25)10-26-15)7-6-17(24)21-16-5-3-13(19)9-20-16/h2-5,8-9H,6-7,10H2,1H3,(H,20,21,24). The third-order valence-electron chi connectivity index (χ3n) is 3.87. The van der Waals surface area contributed by atoms with Crippen LogP contribution in [0.4, 0.5) is 11.5 Å². The van der Waals surface area contributed by atoms with Crippen LogP contribution in [-0.4, -0.2) is 35.7 Å². The molecule has 0 aliphatic carbocycles. The molecular formula is C18H16ClN3O4. The zero-order chi connectivity index (χ0) is 18.7. The molecule has 26 heavy (non-hydrogen) atoms. The lowest BCUT2D eigenvalue weighted by Gasteiger charge is -2.29. The van der Waals surface area contributed by atoms with Crippen molar-refractivity contribution in [2.45, 2.75) is 13.3 Å². The maximum Gasteiger partial charge on any atom is 0.265 e. The van der Waals surface area contributed by atoms with Gasteiger partial charge in [-0.15, -0.1) is 0 Å². The van der Waals surface area contributed by atoms with Crippen LogP contribution < -0.4 is 15.0 Å². The molecule has 0 bridgehead atoms. The molecule has 0 unspecified atom stereocenters. The highest BCUT2D eigenvalue weighted by molar-refractivity contribution is 6.30. The Morgan fingerprint density at radius 1 is 1.31 bits per heavy atom. The van der Waals surface area contributed by atoms with Crippen molar-refractivity contribution in [2.75, 3.05) is 23.4 Å². The van der Waals surface area contributed by atoms with E-state index in [4.69, 9.17) is 16.3 Å². The lowest BCUT2D eigenvalue weighted by atomic mass is 10.1. The molecule has 0 spiro atoms. The summed E-state index contributed by atoms with van der Waals surface area (Å²) in [4.78, 5) is 41.4. The fraction of sp³-hybridized carbons (Fsp3) is 0.222. The van der Waals surface area contributed by atoms with Crippen LogP contribution in [0.5, 0.6) is 5.75 Å². The molecule has 2 amide bonds. The van der Waals surface area contributed by atoms with Crippen LogP contribution in [0.25, 0.3) is 0 Å². The number of nitrogens with one attached hydrogen (secondary N) is 1. The monoisotopic (exact) mass is 373 g/mol. The van der Waals surface area contributed by atoms with E-state index in [1.165, 1.54) is 18.0 Å². The molecular weight excluding hydrogens is 358 g/mol. The molecule has 134 valence electrons. The molecule has 0 saturated carbocycles. The van der Waals surface area contributed by atoms with Crippen LogP contribution in [0.15, 0.2) is 36.5 Å². The van der Waals surface area contributed by atoms with Crippen molar-refractivity contribution in [1.29, 1.82) is 0 Å². The summed E-state index contributed by atoms with van der Waals surface area (Å²) in [5, 5.41) is 3.12. The first-order valence-corrected chi connectivity index (χ1v) is 8.31. The summed E-state index contributed by atoms with van der Waals surface area (Å²) in [6, 6.07) is 8.12. The van der Waals surface area contributed by atoms with Gasteiger partial charge in [0.1, 0.15) is 11.6 Å². The number of fused-ring (bicyclic) bond motifs is 1. The van der Waals surface area contributed by atoms with Gasteiger partial charge in [0, 0.05) is 24.7 Å². The number of pyridine rings is 1. The average molecular weight is 374 g/mol. The number of carbonyl (C=O) groups excluding carboxylic acids is 3. The van der Waals surface area contributed by atoms with Gasteiger partial charge in [-0.2, -0.15) is 0 Å². The van der Waals surface area contributed by atoms with Crippen LogP contribution in [0, 0.1) is 0 Å². The SMILES string of the molecule is CC(=O)c1ccc2c(c1)N(CCC(=O)Nc1ccc(Cl)cn1)C(=O)CO2. The van der Waals surface area contributed by atoms with Crippen LogP contribution >= 0.6 is 11.6 Å². The van der Waals surface area contributed by atoms with E-state index in [2.05, 4.69) is 10.3 Å².